The molecule has 0 aromatic carbocycles. The van der Waals surface area contributed by atoms with Gasteiger partial charge in [0.1, 0.15) is 91.6 Å². The number of rotatable bonds is 16. The summed E-state index contributed by atoms with van der Waals surface area (Å²) in [5.74, 6) is 0.257. The van der Waals surface area contributed by atoms with E-state index in [1.165, 1.54) is 0 Å². The molecule has 4 aliphatic heterocycles. The van der Waals surface area contributed by atoms with Gasteiger partial charge in [-0.15, -0.1) is 0 Å². The number of aliphatic hydroxyl groups is 14. The molecule has 0 radical (unpaired) electrons. The van der Waals surface area contributed by atoms with Crippen molar-refractivity contribution in [3.63, 3.8) is 0 Å². The molecule has 4 heterocycles. The van der Waals surface area contributed by atoms with Crippen molar-refractivity contribution < 1.29 is 109 Å². The van der Waals surface area contributed by atoms with Crippen molar-refractivity contribution >= 4 is 0 Å². The monoisotopic (exact) mass is 1080 g/mol. The first-order valence-electron chi connectivity index (χ1n) is 27.4. The van der Waals surface area contributed by atoms with Gasteiger partial charge in [-0.3, -0.25) is 0 Å². The smallest absolute Gasteiger partial charge is 0.187 e. The Morgan fingerprint density at radius 1 is 0.573 bits per heavy atom. The molecule has 14 N–H and O–H groups in total. The Labute approximate surface area is 439 Å². The van der Waals surface area contributed by atoms with Gasteiger partial charge in [0.25, 0.3) is 0 Å². The van der Waals surface area contributed by atoms with E-state index in [1.54, 1.807) is 0 Å². The van der Waals surface area contributed by atoms with Gasteiger partial charge < -0.3 is 109 Å². The Kier molecular flexibility index (Phi) is 18.4. The van der Waals surface area contributed by atoms with Gasteiger partial charge in [-0.2, -0.15) is 0 Å². The van der Waals surface area contributed by atoms with Crippen molar-refractivity contribution in [1.82, 2.24) is 0 Å². The van der Waals surface area contributed by atoms with Crippen molar-refractivity contribution in [3.8, 4) is 0 Å². The fourth-order valence-corrected chi connectivity index (χ4v) is 16.1. The molecule has 28 atom stereocenters. The highest BCUT2D eigenvalue weighted by Crippen LogP contribution is 2.76. The summed E-state index contributed by atoms with van der Waals surface area (Å²) in [4.78, 5) is 0. The van der Waals surface area contributed by atoms with Gasteiger partial charge in [0.15, 0.2) is 25.2 Å². The summed E-state index contributed by atoms with van der Waals surface area (Å²) in [7, 11) is 0. The topological polar surface area (TPSA) is 357 Å². The van der Waals surface area contributed by atoms with Crippen LogP contribution in [0.25, 0.3) is 0 Å². The van der Waals surface area contributed by atoms with E-state index in [0.717, 1.165) is 44.1 Å². The van der Waals surface area contributed by atoms with Crippen LogP contribution in [-0.4, -0.2) is 233 Å². The van der Waals surface area contributed by atoms with Crippen molar-refractivity contribution in [3.05, 3.63) is 11.6 Å². The second-order valence-electron chi connectivity index (χ2n) is 25.1. The van der Waals surface area contributed by atoms with Gasteiger partial charge in [0.2, 0.25) is 0 Å². The summed E-state index contributed by atoms with van der Waals surface area (Å²) in [5, 5.41) is 150. The van der Waals surface area contributed by atoms with E-state index in [1.807, 2.05) is 13.8 Å². The Hall–Kier alpha value is -1.14. The van der Waals surface area contributed by atoms with Gasteiger partial charge >= 0.3 is 0 Å². The Balaban J connectivity index is 1.01. The van der Waals surface area contributed by atoms with Gasteiger partial charge in [0.05, 0.1) is 44.7 Å². The standard InChI is InChI=1S/C53H90O22/c1-24(2)9-8-15-53(23-56,75-47-43(67)39(63)37(61)30(72-47)22-69-45-41(65)34(58)27(57)21-68-45)26-12-17-51(6)25(26)10-11-32-50(5)16-14-33(49(3,4)31(50)13-18-52(32,51)7)73-48-44(40(64)36(60)29(20-55)71-48)74-46-42(66)38(62)35(59)28(19-54)70-46/h9,25-48,54-67H,8,10-23H2,1-7H3/t25-,26+,27-,28-,29-,30-,31+,32-,33?,34+,35-,36-,37-,38+,39+,40+,41-,42-,43-,44-,45+,46+,47+,48+,50+,51-,52-,53-/m1/s1. The molecule has 8 rings (SSSR count). The molecule has 22 heteroatoms. The lowest BCUT2D eigenvalue weighted by molar-refractivity contribution is -0.378. The third kappa shape index (κ3) is 10.6. The maximum atomic E-state index is 11.7. The molecule has 0 aromatic rings. The zero-order valence-electron chi connectivity index (χ0n) is 44.6. The first-order valence-corrected chi connectivity index (χ1v) is 27.4. The van der Waals surface area contributed by atoms with Crippen LogP contribution in [0.1, 0.15) is 113 Å². The minimum atomic E-state index is -1.80. The lowest BCUT2D eigenvalue weighted by Crippen LogP contribution is -2.67. The van der Waals surface area contributed by atoms with Crippen LogP contribution in [0.2, 0.25) is 0 Å². The number of hydrogen-bond acceptors (Lipinski definition) is 22. The minimum Gasteiger partial charge on any atom is -0.394 e. The Morgan fingerprint density at radius 3 is 1.80 bits per heavy atom. The number of aliphatic hydroxyl groups excluding tert-OH is 14. The van der Waals surface area contributed by atoms with E-state index in [-0.39, 0.29) is 46.5 Å². The van der Waals surface area contributed by atoms with Crippen LogP contribution in [0.15, 0.2) is 11.6 Å². The Bertz CT molecular complexity index is 1930. The molecule has 4 saturated heterocycles. The molecular formula is C53H90O22. The third-order valence-corrected chi connectivity index (χ3v) is 20.6. The summed E-state index contributed by atoms with van der Waals surface area (Å²) in [5.41, 5.74) is -1.27. The number of fused-ring (bicyclic) bond motifs is 5. The molecule has 1 unspecified atom stereocenters. The highest BCUT2D eigenvalue weighted by molar-refractivity contribution is 5.19. The molecule has 75 heavy (non-hydrogen) atoms. The fraction of sp³-hybridized carbons (Fsp3) is 0.962. The molecule has 0 bridgehead atoms. The fourth-order valence-electron chi connectivity index (χ4n) is 16.1. The normalized spacial score (nSPS) is 51.7. The maximum Gasteiger partial charge on any atom is 0.187 e. The van der Waals surface area contributed by atoms with Gasteiger partial charge in [-0.1, -0.05) is 46.3 Å². The molecule has 8 aliphatic rings. The van der Waals surface area contributed by atoms with Gasteiger partial charge in [-0.05, 0) is 123 Å². The van der Waals surface area contributed by atoms with Crippen LogP contribution in [0, 0.1) is 45.3 Å². The summed E-state index contributed by atoms with van der Waals surface area (Å²) in [6.45, 7) is 13.0. The van der Waals surface area contributed by atoms with Crippen LogP contribution in [0.5, 0.6) is 0 Å². The third-order valence-electron chi connectivity index (χ3n) is 20.6. The number of ether oxygens (including phenoxy) is 8. The highest BCUT2D eigenvalue weighted by atomic mass is 16.8. The first-order chi connectivity index (χ1) is 35.2. The van der Waals surface area contributed by atoms with Crippen LogP contribution in [0.3, 0.4) is 0 Å². The summed E-state index contributed by atoms with van der Waals surface area (Å²) < 4.78 is 48.8. The van der Waals surface area contributed by atoms with Crippen LogP contribution >= 0.6 is 0 Å². The van der Waals surface area contributed by atoms with E-state index < -0.39 is 160 Å². The molecule has 0 amide bonds. The summed E-state index contributed by atoms with van der Waals surface area (Å²) in [6, 6.07) is 0. The average molecular weight is 1080 g/mol. The van der Waals surface area contributed by atoms with Crippen molar-refractivity contribution in [1.29, 1.82) is 0 Å². The van der Waals surface area contributed by atoms with Crippen LogP contribution < -0.4 is 0 Å². The van der Waals surface area contributed by atoms with Crippen LogP contribution in [0.4, 0.5) is 0 Å². The van der Waals surface area contributed by atoms with Gasteiger partial charge in [0, 0.05) is 0 Å². The lowest BCUT2D eigenvalue weighted by Gasteiger charge is -2.70. The van der Waals surface area contributed by atoms with E-state index in [4.69, 9.17) is 37.9 Å². The van der Waals surface area contributed by atoms with E-state index >= 15 is 0 Å². The summed E-state index contributed by atoms with van der Waals surface area (Å²) in [6.07, 6.45) is -20.6. The van der Waals surface area contributed by atoms with Crippen molar-refractivity contribution in [2.75, 3.05) is 33.0 Å². The molecule has 8 fully saturated rings. The van der Waals surface area contributed by atoms with Crippen molar-refractivity contribution in [2.24, 2.45) is 45.3 Å². The maximum absolute atomic E-state index is 11.7. The Morgan fingerprint density at radius 2 is 1.16 bits per heavy atom. The lowest BCUT2D eigenvalue weighted by atomic mass is 9.35. The van der Waals surface area contributed by atoms with E-state index in [2.05, 4.69) is 40.7 Å². The molecule has 0 spiro atoms. The minimum absolute atomic E-state index is 0.0675. The van der Waals surface area contributed by atoms with E-state index in [9.17, 15) is 71.5 Å². The zero-order chi connectivity index (χ0) is 54.9. The number of hydrogen-bond donors (Lipinski definition) is 14. The molecule has 4 aliphatic carbocycles. The zero-order valence-corrected chi connectivity index (χ0v) is 44.6. The largest absolute Gasteiger partial charge is 0.394 e. The second-order valence-corrected chi connectivity index (χ2v) is 25.1. The molecule has 0 aromatic heterocycles. The highest BCUT2D eigenvalue weighted by Gasteiger charge is 2.71. The quantitative estimate of drug-likeness (QED) is 0.0614. The van der Waals surface area contributed by atoms with Crippen LogP contribution in [-0.2, 0) is 37.9 Å². The average Bonchev–Trinajstić information content (AvgIpc) is 3.74. The molecular weight excluding hydrogens is 989 g/mol. The van der Waals surface area contributed by atoms with E-state index in [0.29, 0.717) is 25.7 Å². The summed E-state index contributed by atoms with van der Waals surface area (Å²) >= 11 is 0. The predicted molar refractivity (Wildman–Crippen MR) is 260 cm³/mol. The first kappa shape index (κ1) is 60.0. The SMILES string of the molecule is CC(C)=CCC[C@](CO)(O[C@@H]1O[C@H](CO[C@@H]2OC[C@@H](O)[C@H](O)[C@H]2O)[C@@H](O)[C@H](O)[C@H]1O)[C@H]1CC[C@]2(C)[C@@H]1CC[C@@H]1[C@@]3(C)CCC(O[C@@H]4O[C@H](CO)[C@@H](O)[C@H](O)[C@H]4O[C@@H]4O[C@H](CO)[C@@H](O)[C@H](O)[C@H]4O)C(C)(C)[C@@H]3CC[C@]12C. The molecule has 22 nitrogen and oxygen atoms in total. The van der Waals surface area contributed by atoms with Gasteiger partial charge in [-0.25, -0.2) is 0 Å². The predicted octanol–water partition coefficient (Wildman–Crippen LogP) is -1.56. The second kappa shape index (κ2) is 23.0. The molecule has 4 saturated carbocycles. The van der Waals surface area contributed by atoms with Crippen molar-refractivity contribution in [2.45, 2.75) is 241 Å². The molecule has 434 valence electrons. The number of allylic oxidation sites excluding steroid dienone is 2.